The number of nitrogens with zero attached hydrogens (tertiary/aromatic N) is 1. The van der Waals surface area contributed by atoms with E-state index < -0.39 is 0 Å². The third-order valence-electron chi connectivity index (χ3n) is 2.59. The molecule has 0 spiro atoms. The molecule has 1 atom stereocenters. The number of amides is 1. The van der Waals surface area contributed by atoms with Crippen molar-refractivity contribution in [2.75, 3.05) is 18.5 Å². The molecule has 0 bridgehead atoms. The fraction of sp³-hybridized carbons (Fsp3) is 0.300. The molecule has 2 rings (SSSR count). The number of hydrogen-bond acceptors (Lipinski definition) is 2. The summed E-state index contributed by atoms with van der Waals surface area (Å²) in [5, 5.41) is 0. The summed E-state index contributed by atoms with van der Waals surface area (Å²) in [4.78, 5) is 13.1. The van der Waals surface area contributed by atoms with Crippen LogP contribution in [0.3, 0.4) is 0 Å². The van der Waals surface area contributed by atoms with Gasteiger partial charge >= 0.3 is 0 Å². The van der Waals surface area contributed by atoms with E-state index >= 15 is 0 Å². The van der Waals surface area contributed by atoms with E-state index in [0.717, 1.165) is 5.56 Å². The molecule has 0 saturated carbocycles. The molecule has 1 aromatic rings. The second-order valence-electron chi connectivity index (χ2n) is 3.39. The molecule has 2 N–H and O–H groups in total. The Bertz CT molecular complexity index is 392. The summed E-state index contributed by atoms with van der Waals surface area (Å²) >= 11 is 0. The lowest BCUT2D eigenvalue weighted by Gasteiger charge is -2.09. The number of fused-ring (bicyclic) bond motifs is 1. The van der Waals surface area contributed by atoms with Gasteiger partial charge < -0.3 is 10.6 Å². The number of nitrogens with two attached hydrogens (primary N) is 1. The molecular weight excluding hydrogens is 183 g/mol. The third-order valence-corrected chi connectivity index (χ3v) is 2.59. The van der Waals surface area contributed by atoms with Crippen LogP contribution in [0.5, 0.6) is 0 Å². The highest BCUT2D eigenvalue weighted by Crippen LogP contribution is 2.35. The standard InChI is InChI=1S/C10H11FN2O/c1-13-9-4-6(11)2-3-7(9)8(5-12)10(13)14/h2-4,8H,5,12H2,1H3. The zero-order chi connectivity index (χ0) is 10.3. The SMILES string of the molecule is CN1C(=O)C(CN)c2ccc(F)cc21. The van der Waals surface area contributed by atoms with E-state index in [1.54, 1.807) is 13.1 Å². The van der Waals surface area contributed by atoms with Crippen LogP contribution >= 0.6 is 0 Å². The van der Waals surface area contributed by atoms with Crippen LogP contribution in [0.1, 0.15) is 11.5 Å². The average molecular weight is 194 g/mol. The number of carbonyl (C=O) groups is 1. The Hall–Kier alpha value is -1.42. The van der Waals surface area contributed by atoms with Crippen molar-refractivity contribution in [3.8, 4) is 0 Å². The molecule has 1 heterocycles. The van der Waals surface area contributed by atoms with Gasteiger partial charge in [0.25, 0.3) is 0 Å². The maximum Gasteiger partial charge on any atom is 0.235 e. The van der Waals surface area contributed by atoms with Gasteiger partial charge in [-0.25, -0.2) is 4.39 Å². The van der Waals surface area contributed by atoms with Gasteiger partial charge in [-0.3, -0.25) is 4.79 Å². The Kier molecular flexibility index (Phi) is 2.00. The summed E-state index contributed by atoms with van der Waals surface area (Å²) in [6.45, 7) is 0.266. The first-order chi connectivity index (χ1) is 6.65. The number of benzene rings is 1. The summed E-state index contributed by atoms with van der Waals surface area (Å²) in [7, 11) is 1.64. The van der Waals surface area contributed by atoms with Gasteiger partial charge in [0.2, 0.25) is 5.91 Å². The molecular formula is C10H11FN2O. The second kappa shape index (κ2) is 3.06. The zero-order valence-corrected chi connectivity index (χ0v) is 7.83. The Labute approximate surface area is 81.3 Å². The summed E-state index contributed by atoms with van der Waals surface area (Å²) in [5.41, 5.74) is 6.95. The minimum atomic E-state index is -0.332. The molecule has 74 valence electrons. The zero-order valence-electron chi connectivity index (χ0n) is 7.83. The number of rotatable bonds is 1. The van der Waals surface area contributed by atoms with Gasteiger partial charge in [0.1, 0.15) is 5.82 Å². The predicted octanol–water partition coefficient (Wildman–Crippen LogP) is 0.844. The molecule has 1 aromatic carbocycles. The van der Waals surface area contributed by atoms with Crippen LogP contribution in [0.2, 0.25) is 0 Å². The lowest BCUT2D eigenvalue weighted by atomic mass is 10.0. The monoisotopic (exact) mass is 194 g/mol. The lowest BCUT2D eigenvalue weighted by molar-refractivity contribution is -0.118. The summed E-state index contributed by atoms with van der Waals surface area (Å²) < 4.78 is 12.9. The molecule has 3 nitrogen and oxygen atoms in total. The molecule has 1 amide bonds. The van der Waals surface area contributed by atoms with E-state index in [0.29, 0.717) is 5.69 Å². The smallest absolute Gasteiger partial charge is 0.235 e. The average Bonchev–Trinajstić information content (AvgIpc) is 2.41. The Morgan fingerprint density at radius 3 is 2.93 bits per heavy atom. The van der Waals surface area contributed by atoms with Gasteiger partial charge in [-0.2, -0.15) is 0 Å². The first-order valence-electron chi connectivity index (χ1n) is 4.42. The Morgan fingerprint density at radius 2 is 2.29 bits per heavy atom. The molecule has 0 fully saturated rings. The minimum absolute atomic E-state index is 0.0619. The molecule has 4 heteroatoms. The number of halogens is 1. The highest BCUT2D eigenvalue weighted by atomic mass is 19.1. The van der Waals surface area contributed by atoms with Crippen molar-refractivity contribution in [2.45, 2.75) is 5.92 Å². The molecule has 1 aliphatic heterocycles. The maximum atomic E-state index is 12.9. The number of likely N-dealkylation sites (N-methyl/N-ethyl adjacent to an activating group) is 1. The fourth-order valence-corrected chi connectivity index (χ4v) is 1.82. The van der Waals surface area contributed by atoms with Crippen molar-refractivity contribution in [3.63, 3.8) is 0 Å². The van der Waals surface area contributed by atoms with Crippen LogP contribution < -0.4 is 10.6 Å². The van der Waals surface area contributed by atoms with Crippen molar-refractivity contribution in [1.29, 1.82) is 0 Å². The summed E-state index contributed by atoms with van der Waals surface area (Å²) in [5.74, 6) is -0.704. The van der Waals surface area contributed by atoms with Crippen molar-refractivity contribution >= 4 is 11.6 Å². The van der Waals surface area contributed by atoms with Crippen molar-refractivity contribution in [3.05, 3.63) is 29.6 Å². The highest BCUT2D eigenvalue weighted by molar-refractivity contribution is 6.04. The Morgan fingerprint density at radius 1 is 1.57 bits per heavy atom. The maximum absolute atomic E-state index is 12.9. The second-order valence-corrected chi connectivity index (χ2v) is 3.39. The van der Waals surface area contributed by atoms with E-state index in [9.17, 15) is 9.18 Å². The van der Waals surface area contributed by atoms with E-state index in [2.05, 4.69) is 0 Å². The molecule has 0 aliphatic carbocycles. The van der Waals surface area contributed by atoms with Crippen LogP contribution in [-0.4, -0.2) is 19.5 Å². The van der Waals surface area contributed by atoms with Crippen LogP contribution in [0, 0.1) is 5.82 Å². The normalized spacial score (nSPS) is 20.1. The van der Waals surface area contributed by atoms with Crippen LogP contribution in [0.4, 0.5) is 10.1 Å². The molecule has 14 heavy (non-hydrogen) atoms. The lowest BCUT2D eigenvalue weighted by Crippen LogP contribution is -2.27. The van der Waals surface area contributed by atoms with Crippen molar-refractivity contribution < 1.29 is 9.18 Å². The van der Waals surface area contributed by atoms with E-state index in [1.165, 1.54) is 17.0 Å². The molecule has 0 aromatic heterocycles. The fourth-order valence-electron chi connectivity index (χ4n) is 1.82. The van der Waals surface area contributed by atoms with Crippen LogP contribution in [0.25, 0.3) is 0 Å². The molecule has 1 unspecified atom stereocenters. The largest absolute Gasteiger partial charge is 0.329 e. The van der Waals surface area contributed by atoms with Crippen molar-refractivity contribution in [2.24, 2.45) is 5.73 Å². The first-order valence-corrected chi connectivity index (χ1v) is 4.42. The molecule has 0 radical (unpaired) electrons. The third kappa shape index (κ3) is 1.11. The van der Waals surface area contributed by atoms with Crippen LogP contribution in [-0.2, 0) is 4.79 Å². The minimum Gasteiger partial charge on any atom is -0.329 e. The quantitative estimate of drug-likeness (QED) is 0.720. The molecule has 0 saturated heterocycles. The van der Waals surface area contributed by atoms with Gasteiger partial charge in [-0.15, -0.1) is 0 Å². The predicted molar refractivity (Wildman–Crippen MR) is 51.6 cm³/mol. The van der Waals surface area contributed by atoms with Gasteiger partial charge in [0, 0.05) is 13.6 Å². The number of anilines is 1. The summed E-state index contributed by atoms with van der Waals surface area (Å²) in [6, 6.07) is 4.35. The van der Waals surface area contributed by atoms with Crippen LogP contribution in [0.15, 0.2) is 18.2 Å². The molecule has 1 aliphatic rings. The van der Waals surface area contributed by atoms with Gasteiger partial charge in [0.15, 0.2) is 0 Å². The van der Waals surface area contributed by atoms with Gasteiger partial charge in [-0.1, -0.05) is 6.07 Å². The van der Waals surface area contributed by atoms with E-state index in [4.69, 9.17) is 5.73 Å². The highest BCUT2D eigenvalue weighted by Gasteiger charge is 2.33. The first kappa shape index (κ1) is 9.15. The Balaban J connectivity index is 2.55. The van der Waals surface area contributed by atoms with Gasteiger partial charge in [0.05, 0.1) is 11.6 Å². The van der Waals surface area contributed by atoms with E-state index in [1.807, 2.05) is 0 Å². The van der Waals surface area contributed by atoms with Gasteiger partial charge in [-0.05, 0) is 17.7 Å². The topological polar surface area (TPSA) is 46.3 Å². The summed E-state index contributed by atoms with van der Waals surface area (Å²) in [6.07, 6.45) is 0. The van der Waals surface area contributed by atoms with Crippen molar-refractivity contribution in [1.82, 2.24) is 0 Å². The number of carbonyl (C=O) groups excluding carboxylic acids is 1. The van der Waals surface area contributed by atoms with E-state index in [-0.39, 0.29) is 24.2 Å². The number of hydrogen-bond donors (Lipinski definition) is 1.